The molecule has 1 fully saturated rings. The fraction of sp³-hybridized carbons (Fsp3) is 0.450. The lowest BCUT2D eigenvalue weighted by Gasteiger charge is -2.37. The summed E-state index contributed by atoms with van der Waals surface area (Å²) in [6.07, 6.45) is 0.871. The number of hydrogen-bond donors (Lipinski definition) is 1. The number of aryl methyl sites for hydroxylation is 1. The first-order valence-corrected chi connectivity index (χ1v) is 9.02. The van der Waals surface area contributed by atoms with Crippen molar-refractivity contribution in [1.82, 2.24) is 5.32 Å². The van der Waals surface area contributed by atoms with E-state index in [-0.39, 0.29) is 36.2 Å². The third kappa shape index (κ3) is 4.25. The monoisotopic (exact) mass is 360 g/mol. The Balaban J connectivity index is 1.63. The van der Waals surface area contributed by atoms with Crippen molar-refractivity contribution in [2.75, 3.05) is 18.0 Å². The van der Waals surface area contributed by atoms with Gasteiger partial charge < -0.3 is 19.4 Å². The molecule has 1 saturated heterocycles. The third-order valence-corrected chi connectivity index (χ3v) is 4.46. The molecule has 0 aliphatic carbocycles. The number of benzene rings is 1. The van der Waals surface area contributed by atoms with Gasteiger partial charge in [0.2, 0.25) is 0 Å². The fourth-order valence-electron chi connectivity index (χ4n) is 3.25. The zero-order valence-corrected chi connectivity index (χ0v) is 15.4. The minimum atomic E-state index is -0.301. The average molecular weight is 360 g/mol. The maximum atomic E-state index is 14.6. The topological polar surface area (TPSA) is 54.7 Å². The molecule has 140 valence electrons. The van der Waals surface area contributed by atoms with E-state index in [1.807, 2.05) is 31.7 Å². The molecule has 1 aromatic heterocycles. The molecular weight excluding hydrogens is 335 g/mol. The number of ether oxygens (including phenoxy) is 1. The van der Waals surface area contributed by atoms with Crippen molar-refractivity contribution in [3.8, 4) is 0 Å². The van der Waals surface area contributed by atoms with E-state index in [1.165, 1.54) is 6.07 Å². The molecule has 0 spiro atoms. The van der Waals surface area contributed by atoms with Crippen LogP contribution in [0.2, 0.25) is 0 Å². The first kappa shape index (κ1) is 18.5. The van der Waals surface area contributed by atoms with E-state index in [2.05, 4.69) is 5.32 Å². The van der Waals surface area contributed by atoms with Crippen molar-refractivity contribution in [1.29, 1.82) is 0 Å². The Morgan fingerprint density at radius 1 is 1.23 bits per heavy atom. The van der Waals surface area contributed by atoms with Crippen molar-refractivity contribution in [2.45, 2.75) is 45.9 Å². The van der Waals surface area contributed by atoms with Crippen LogP contribution in [0.5, 0.6) is 0 Å². The number of carbonyl (C=O) groups is 1. The predicted molar refractivity (Wildman–Crippen MR) is 97.9 cm³/mol. The van der Waals surface area contributed by atoms with Gasteiger partial charge in [0.25, 0.3) is 5.91 Å². The summed E-state index contributed by atoms with van der Waals surface area (Å²) in [6.45, 7) is 7.51. The van der Waals surface area contributed by atoms with Gasteiger partial charge in [-0.3, -0.25) is 4.79 Å². The summed E-state index contributed by atoms with van der Waals surface area (Å²) in [4.78, 5) is 14.1. The third-order valence-electron chi connectivity index (χ3n) is 4.46. The van der Waals surface area contributed by atoms with E-state index >= 15 is 0 Å². The molecule has 2 heterocycles. The van der Waals surface area contributed by atoms with Crippen molar-refractivity contribution in [3.05, 3.63) is 53.2 Å². The van der Waals surface area contributed by atoms with E-state index in [4.69, 9.17) is 9.15 Å². The summed E-state index contributed by atoms with van der Waals surface area (Å²) in [5.41, 5.74) is 1.27. The predicted octanol–water partition coefficient (Wildman–Crippen LogP) is 3.52. The SMILES string of the molecule is CCc1ccc(C(=O)NCc2ccc(N3CC(C)OC(C)C3)c(F)c2)o1. The fourth-order valence-corrected chi connectivity index (χ4v) is 3.25. The largest absolute Gasteiger partial charge is 0.456 e. The zero-order valence-electron chi connectivity index (χ0n) is 15.4. The number of furan rings is 1. The van der Waals surface area contributed by atoms with E-state index in [0.29, 0.717) is 24.3 Å². The lowest BCUT2D eigenvalue weighted by Crippen LogP contribution is -2.45. The quantitative estimate of drug-likeness (QED) is 0.886. The van der Waals surface area contributed by atoms with E-state index in [1.54, 1.807) is 18.2 Å². The van der Waals surface area contributed by atoms with Crippen LogP contribution >= 0.6 is 0 Å². The molecule has 2 aromatic rings. The summed E-state index contributed by atoms with van der Waals surface area (Å²) < 4.78 is 25.7. The molecule has 5 nitrogen and oxygen atoms in total. The highest BCUT2D eigenvalue weighted by atomic mass is 19.1. The lowest BCUT2D eigenvalue weighted by atomic mass is 10.1. The first-order chi connectivity index (χ1) is 12.5. The molecule has 0 bridgehead atoms. The molecule has 1 aliphatic heterocycles. The Bertz CT molecular complexity index is 764. The minimum absolute atomic E-state index is 0.0680. The van der Waals surface area contributed by atoms with Crippen LogP contribution in [-0.2, 0) is 17.7 Å². The summed E-state index contributed by atoms with van der Waals surface area (Å²) in [7, 11) is 0. The van der Waals surface area contributed by atoms with Gasteiger partial charge in [-0.25, -0.2) is 4.39 Å². The summed E-state index contributed by atoms with van der Waals surface area (Å²) in [5.74, 6) is 0.448. The van der Waals surface area contributed by atoms with Crippen LogP contribution in [0, 0.1) is 5.82 Å². The maximum Gasteiger partial charge on any atom is 0.287 e. The number of morpholine rings is 1. The van der Waals surface area contributed by atoms with Gasteiger partial charge in [0.1, 0.15) is 11.6 Å². The van der Waals surface area contributed by atoms with Crippen molar-refractivity contribution < 1.29 is 18.3 Å². The molecule has 2 unspecified atom stereocenters. The second kappa shape index (κ2) is 7.91. The highest BCUT2D eigenvalue weighted by Gasteiger charge is 2.24. The Hall–Kier alpha value is -2.34. The first-order valence-electron chi connectivity index (χ1n) is 9.02. The number of rotatable bonds is 5. The van der Waals surface area contributed by atoms with Gasteiger partial charge >= 0.3 is 0 Å². The molecule has 6 heteroatoms. The second-order valence-corrected chi connectivity index (χ2v) is 6.75. The lowest BCUT2D eigenvalue weighted by molar-refractivity contribution is -0.00539. The summed E-state index contributed by atoms with van der Waals surface area (Å²) >= 11 is 0. The molecule has 0 radical (unpaired) electrons. The zero-order chi connectivity index (χ0) is 18.7. The van der Waals surface area contributed by atoms with Crippen LogP contribution < -0.4 is 10.2 Å². The van der Waals surface area contributed by atoms with Gasteiger partial charge in [0, 0.05) is 26.1 Å². The molecule has 3 rings (SSSR count). The van der Waals surface area contributed by atoms with Crippen molar-refractivity contribution >= 4 is 11.6 Å². The van der Waals surface area contributed by atoms with Crippen LogP contribution in [0.1, 0.15) is 42.6 Å². The molecule has 1 N–H and O–H groups in total. The highest BCUT2D eigenvalue weighted by molar-refractivity contribution is 5.91. The van der Waals surface area contributed by atoms with Crippen LogP contribution in [0.3, 0.4) is 0 Å². The van der Waals surface area contributed by atoms with Gasteiger partial charge in [-0.2, -0.15) is 0 Å². The molecule has 2 atom stereocenters. The van der Waals surface area contributed by atoms with Crippen LogP contribution in [0.25, 0.3) is 0 Å². The van der Waals surface area contributed by atoms with Crippen molar-refractivity contribution in [3.63, 3.8) is 0 Å². The van der Waals surface area contributed by atoms with E-state index < -0.39 is 0 Å². The molecule has 26 heavy (non-hydrogen) atoms. The van der Waals surface area contributed by atoms with Gasteiger partial charge in [-0.05, 0) is 43.7 Å². The van der Waals surface area contributed by atoms with E-state index in [9.17, 15) is 9.18 Å². The van der Waals surface area contributed by atoms with Gasteiger partial charge in [-0.15, -0.1) is 0 Å². The van der Waals surface area contributed by atoms with E-state index in [0.717, 1.165) is 12.2 Å². The number of halogens is 1. The number of amides is 1. The van der Waals surface area contributed by atoms with Crippen LogP contribution in [-0.4, -0.2) is 31.2 Å². The molecule has 1 aromatic carbocycles. The number of anilines is 1. The van der Waals surface area contributed by atoms with Gasteiger partial charge in [0.05, 0.1) is 17.9 Å². The van der Waals surface area contributed by atoms with Gasteiger partial charge in [-0.1, -0.05) is 13.0 Å². The smallest absolute Gasteiger partial charge is 0.287 e. The Kier molecular flexibility index (Phi) is 5.61. The number of hydrogen-bond acceptors (Lipinski definition) is 4. The standard InChI is InChI=1S/C20H25FN2O3/c1-4-16-6-8-19(26-16)20(24)22-10-15-5-7-18(17(21)9-15)23-11-13(2)25-14(3)12-23/h5-9,13-14H,4,10-12H2,1-3H3,(H,22,24). The molecule has 1 amide bonds. The normalized spacial score (nSPS) is 20.2. The Morgan fingerprint density at radius 2 is 1.96 bits per heavy atom. The van der Waals surface area contributed by atoms with Gasteiger partial charge in [0.15, 0.2) is 5.76 Å². The van der Waals surface area contributed by atoms with Crippen LogP contribution in [0.4, 0.5) is 10.1 Å². The highest BCUT2D eigenvalue weighted by Crippen LogP contribution is 2.24. The summed E-state index contributed by atoms with van der Waals surface area (Å²) in [6, 6.07) is 8.51. The van der Waals surface area contributed by atoms with Crippen molar-refractivity contribution in [2.24, 2.45) is 0 Å². The molecular formula is C20H25FN2O3. The Labute approximate surface area is 153 Å². The second-order valence-electron chi connectivity index (χ2n) is 6.75. The average Bonchev–Trinajstić information content (AvgIpc) is 3.08. The summed E-state index contributed by atoms with van der Waals surface area (Å²) in [5, 5.41) is 2.76. The number of nitrogens with zero attached hydrogens (tertiary/aromatic N) is 1. The maximum absolute atomic E-state index is 14.6. The Morgan fingerprint density at radius 3 is 2.58 bits per heavy atom. The molecule has 0 saturated carbocycles. The number of nitrogens with one attached hydrogen (secondary N) is 1. The minimum Gasteiger partial charge on any atom is -0.456 e. The van der Waals surface area contributed by atoms with Crippen LogP contribution in [0.15, 0.2) is 34.7 Å². The molecule has 1 aliphatic rings. The number of carbonyl (C=O) groups excluding carboxylic acids is 1.